The van der Waals surface area contributed by atoms with Gasteiger partial charge >= 0.3 is 0 Å². The number of methoxy groups -OCH3 is 1. The average molecular weight is 439 g/mol. The molecular weight excluding hydrogens is 408 g/mol. The van der Waals surface area contributed by atoms with Gasteiger partial charge in [0.25, 0.3) is 0 Å². The van der Waals surface area contributed by atoms with Gasteiger partial charge in [0.2, 0.25) is 5.82 Å². The van der Waals surface area contributed by atoms with Crippen LogP contribution in [0, 0.1) is 29.2 Å². The van der Waals surface area contributed by atoms with E-state index in [1.165, 1.54) is 24.3 Å². The minimum atomic E-state index is -1.24. The van der Waals surface area contributed by atoms with Gasteiger partial charge in [0.05, 0.1) is 6.61 Å². The highest BCUT2D eigenvalue weighted by molar-refractivity contribution is 5.66. The molecule has 0 spiro atoms. The Morgan fingerprint density at radius 2 is 1.45 bits per heavy atom. The van der Waals surface area contributed by atoms with E-state index in [1.54, 1.807) is 7.11 Å². The van der Waals surface area contributed by atoms with Crippen LogP contribution >= 0.6 is 0 Å². The summed E-state index contributed by atoms with van der Waals surface area (Å²) in [6.07, 6.45) is 5.97. The van der Waals surface area contributed by atoms with E-state index in [2.05, 4.69) is 0 Å². The van der Waals surface area contributed by atoms with Gasteiger partial charge in [-0.15, -0.1) is 0 Å². The maximum Gasteiger partial charge on any atom is 0.201 e. The first-order valence-electron chi connectivity index (χ1n) is 11.1. The minimum Gasteiger partial charge on any atom is -0.490 e. The summed E-state index contributed by atoms with van der Waals surface area (Å²) in [7, 11) is 1.67. The Kier molecular flexibility index (Phi) is 8.35. The maximum absolute atomic E-state index is 14.9. The molecule has 1 fully saturated rings. The summed E-state index contributed by atoms with van der Waals surface area (Å²) in [5.74, 6) is -4.29. The van der Waals surface area contributed by atoms with Gasteiger partial charge < -0.3 is 9.47 Å². The van der Waals surface area contributed by atoms with Crippen LogP contribution in [0.15, 0.2) is 24.3 Å². The summed E-state index contributed by atoms with van der Waals surface area (Å²) in [6.45, 7) is 2.92. The molecular formula is C25H30F4O2. The van der Waals surface area contributed by atoms with E-state index in [0.29, 0.717) is 24.5 Å². The van der Waals surface area contributed by atoms with Crippen LogP contribution in [0.3, 0.4) is 0 Å². The van der Waals surface area contributed by atoms with Crippen LogP contribution in [0.1, 0.15) is 63.4 Å². The quantitative estimate of drug-likeness (QED) is 0.300. The first-order valence-corrected chi connectivity index (χ1v) is 11.1. The zero-order valence-electron chi connectivity index (χ0n) is 18.2. The third-order valence-corrected chi connectivity index (χ3v) is 6.22. The Hall–Kier alpha value is -2.08. The highest BCUT2D eigenvalue weighted by Crippen LogP contribution is 2.40. The molecule has 3 rings (SSSR count). The summed E-state index contributed by atoms with van der Waals surface area (Å²) in [4.78, 5) is 0. The lowest BCUT2D eigenvalue weighted by Crippen LogP contribution is -2.16. The Bertz CT molecular complexity index is 876. The molecule has 1 aliphatic rings. The monoisotopic (exact) mass is 438 g/mol. The van der Waals surface area contributed by atoms with E-state index in [-0.39, 0.29) is 29.4 Å². The van der Waals surface area contributed by atoms with Crippen molar-refractivity contribution in [3.8, 4) is 16.9 Å². The first kappa shape index (κ1) is 23.6. The fourth-order valence-electron chi connectivity index (χ4n) is 4.31. The normalized spacial score (nSPS) is 18.9. The number of benzene rings is 2. The highest BCUT2D eigenvalue weighted by atomic mass is 19.2. The zero-order valence-corrected chi connectivity index (χ0v) is 18.2. The number of hydrogen-bond acceptors (Lipinski definition) is 2. The summed E-state index contributed by atoms with van der Waals surface area (Å²) >= 11 is 0. The zero-order chi connectivity index (χ0) is 22.4. The van der Waals surface area contributed by atoms with Crippen molar-refractivity contribution in [3.05, 3.63) is 53.1 Å². The SMILES string of the molecule is CCCCOc1ccc(-c2ccc(C3CCC(CCOC)CC3)c(F)c2F)c(F)c1F. The minimum absolute atomic E-state index is 0.0710. The van der Waals surface area contributed by atoms with E-state index in [0.717, 1.165) is 38.5 Å². The van der Waals surface area contributed by atoms with Crippen molar-refractivity contribution in [2.45, 2.75) is 57.8 Å². The van der Waals surface area contributed by atoms with Crippen LogP contribution in [0.2, 0.25) is 0 Å². The summed E-state index contributed by atoms with van der Waals surface area (Å²) < 4.78 is 69.2. The van der Waals surface area contributed by atoms with Gasteiger partial charge in [-0.1, -0.05) is 25.5 Å². The molecule has 0 saturated heterocycles. The molecule has 0 N–H and O–H groups in total. The van der Waals surface area contributed by atoms with Gasteiger partial charge in [-0.25, -0.2) is 13.2 Å². The molecule has 6 heteroatoms. The molecule has 1 aliphatic carbocycles. The van der Waals surface area contributed by atoms with Gasteiger partial charge in [-0.3, -0.25) is 0 Å². The molecule has 170 valence electrons. The molecule has 0 atom stereocenters. The second-order valence-corrected chi connectivity index (χ2v) is 8.27. The van der Waals surface area contributed by atoms with Crippen molar-refractivity contribution in [2.75, 3.05) is 20.3 Å². The van der Waals surface area contributed by atoms with Crippen LogP contribution in [-0.4, -0.2) is 20.3 Å². The summed E-state index contributed by atoms with van der Waals surface area (Å²) in [6, 6.07) is 5.35. The van der Waals surface area contributed by atoms with E-state index >= 15 is 0 Å². The van der Waals surface area contributed by atoms with Crippen molar-refractivity contribution in [1.82, 2.24) is 0 Å². The third-order valence-electron chi connectivity index (χ3n) is 6.22. The van der Waals surface area contributed by atoms with Crippen LogP contribution < -0.4 is 4.74 Å². The maximum atomic E-state index is 14.9. The number of unbranched alkanes of at least 4 members (excludes halogenated alkanes) is 1. The molecule has 0 radical (unpaired) electrons. The molecule has 2 nitrogen and oxygen atoms in total. The van der Waals surface area contributed by atoms with Gasteiger partial charge in [0.15, 0.2) is 23.2 Å². The van der Waals surface area contributed by atoms with Gasteiger partial charge in [0, 0.05) is 24.8 Å². The lowest BCUT2D eigenvalue weighted by molar-refractivity contribution is 0.162. The number of hydrogen-bond donors (Lipinski definition) is 0. The number of rotatable bonds is 9. The Morgan fingerprint density at radius 1 is 0.806 bits per heavy atom. The highest BCUT2D eigenvalue weighted by Gasteiger charge is 2.27. The molecule has 2 aromatic carbocycles. The Labute approximate surface area is 181 Å². The van der Waals surface area contributed by atoms with Crippen molar-refractivity contribution in [3.63, 3.8) is 0 Å². The van der Waals surface area contributed by atoms with Gasteiger partial charge in [0.1, 0.15) is 0 Å². The van der Waals surface area contributed by atoms with Crippen LogP contribution in [-0.2, 0) is 4.74 Å². The number of ether oxygens (including phenoxy) is 2. The van der Waals surface area contributed by atoms with Crippen LogP contribution in [0.25, 0.3) is 11.1 Å². The van der Waals surface area contributed by atoms with E-state index < -0.39 is 23.3 Å². The Morgan fingerprint density at radius 3 is 2.10 bits per heavy atom. The smallest absolute Gasteiger partial charge is 0.201 e. The second kappa shape index (κ2) is 11.0. The molecule has 0 unspecified atom stereocenters. The summed E-state index contributed by atoms with van der Waals surface area (Å²) in [5, 5.41) is 0. The van der Waals surface area contributed by atoms with Crippen molar-refractivity contribution < 1.29 is 27.0 Å². The van der Waals surface area contributed by atoms with Gasteiger partial charge in [-0.05, 0) is 68.1 Å². The first-order chi connectivity index (χ1) is 15.0. The predicted molar refractivity (Wildman–Crippen MR) is 113 cm³/mol. The van der Waals surface area contributed by atoms with Crippen LogP contribution in [0.5, 0.6) is 5.75 Å². The lowest BCUT2D eigenvalue weighted by Gasteiger charge is -2.29. The van der Waals surface area contributed by atoms with E-state index in [1.807, 2.05) is 6.92 Å². The molecule has 31 heavy (non-hydrogen) atoms. The van der Waals surface area contributed by atoms with Crippen LogP contribution in [0.4, 0.5) is 17.6 Å². The lowest BCUT2D eigenvalue weighted by atomic mass is 9.77. The second-order valence-electron chi connectivity index (χ2n) is 8.27. The molecule has 2 aromatic rings. The molecule has 0 bridgehead atoms. The topological polar surface area (TPSA) is 18.5 Å². The van der Waals surface area contributed by atoms with Crippen molar-refractivity contribution in [2.24, 2.45) is 5.92 Å². The molecule has 0 amide bonds. The Balaban J connectivity index is 1.79. The largest absolute Gasteiger partial charge is 0.490 e. The standard InChI is InChI=1S/C25H30F4O2/c1-3-4-14-31-21-12-11-20(24(28)25(21)29)19-10-9-18(22(26)23(19)27)17-7-5-16(6-8-17)13-15-30-2/h9-12,16-17H,3-8,13-15H2,1-2H3. The molecule has 0 aromatic heterocycles. The van der Waals surface area contributed by atoms with E-state index in [4.69, 9.17) is 9.47 Å². The molecule has 0 heterocycles. The predicted octanol–water partition coefficient (Wildman–Crippen LogP) is 7.40. The number of halogens is 4. The fourth-order valence-corrected chi connectivity index (χ4v) is 4.31. The summed E-state index contributed by atoms with van der Waals surface area (Å²) in [5.41, 5.74) is -0.287. The fraction of sp³-hybridized carbons (Fsp3) is 0.520. The van der Waals surface area contributed by atoms with Gasteiger partial charge in [-0.2, -0.15) is 4.39 Å². The van der Waals surface area contributed by atoms with Crippen molar-refractivity contribution >= 4 is 0 Å². The van der Waals surface area contributed by atoms with E-state index in [9.17, 15) is 17.6 Å². The average Bonchev–Trinajstić information content (AvgIpc) is 2.78. The van der Waals surface area contributed by atoms with Crippen molar-refractivity contribution in [1.29, 1.82) is 0 Å². The third kappa shape index (κ3) is 5.40. The molecule has 0 aliphatic heterocycles. The molecule has 1 saturated carbocycles.